The lowest BCUT2D eigenvalue weighted by Gasteiger charge is -2.28. The molecular weight excluding hydrogens is 886 g/mol. The zero-order valence-electron chi connectivity index (χ0n) is 26.8. The minimum atomic E-state index is -1.56. The van der Waals surface area contributed by atoms with Crippen LogP contribution < -0.4 is 5.43 Å². The highest BCUT2D eigenvalue weighted by molar-refractivity contribution is 6.56. The lowest BCUT2D eigenvalue weighted by Crippen LogP contribution is -2.50. The van der Waals surface area contributed by atoms with Crippen LogP contribution in [0.4, 0.5) is 0 Å². The van der Waals surface area contributed by atoms with Crippen molar-refractivity contribution in [2.24, 2.45) is 11.0 Å². The third-order valence-electron chi connectivity index (χ3n) is 8.85. The SMILES string of the molecule is O=C(CN1C(=O)C(=O)C(/C(=N/N2C(=O)c3c(Cl)c(Cl)c(Cl)c(Cl)c3C2=O)c2ccccc2)C1c1ccccc1)NN1C(=O)c2c(Cl)c(Cl)c(Cl)c(Cl)c2C1=O. The predicted octanol–water partition coefficient (Wildman–Crippen LogP) is 8.01. The summed E-state index contributed by atoms with van der Waals surface area (Å²) in [4.78, 5) is 96.7. The lowest BCUT2D eigenvalue weighted by molar-refractivity contribution is -0.142. The summed E-state index contributed by atoms with van der Waals surface area (Å²) in [6.07, 6.45) is 0. The number of nitrogens with one attached hydrogen (secondary N) is 1. The van der Waals surface area contributed by atoms with Crippen molar-refractivity contribution in [3.05, 3.63) is 134 Å². The number of hydrazone groups is 1. The van der Waals surface area contributed by atoms with Crippen molar-refractivity contribution in [1.82, 2.24) is 20.3 Å². The zero-order valence-corrected chi connectivity index (χ0v) is 32.9. The molecule has 1 fully saturated rings. The summed E-state index contributed by atoms with van der Waals surface area (Å²) in [6, 6.07) is 14.6. The maximum atomic E-state index is 14.1. The van der Waals surface area contributed by atoms with Crippen molar-refractivity contribution in [2.45, 2.75) is 6.04 Å². The van der Waals surface area contributed by atoms with Crippen LogP contribution in [-0.4, -0.2) is 68.4 Å². The quantitative estimate of drug-likeness (QED) is 0.0649. The number of Topliss-reactive ketones (excluding diaryl/α,β-unsaturated/α-hetero) is 1. The van der Waals surface area contributed by atoms with Crippen LogP contribution in [0.15, 0.2) is 65.8 Å². The first-order chi connectivity index (χ1) is 26.1. The molecule has 7 rings (SSSR count). The Bertz CT molecular complexity index is 2410. The van der Waals surface area contributed by atoms with Crippen molar-refractivity contribution in [3.63, 3.8) is 0 Å². The van der Waals surface area contributed by atoms with E-state index in [2.05, 4.69) is 10.5 Å². The monoisotopic (exact) mass is 897 g/mol. The number of carbonyl (C=O) groups excluding carboxylic acids is 7. The number of ketones is 1. The molecule has 1 saturated heterocycles. The van der Waals surface area contributed by atoms with Gasteiger partial charge in [-0.1, -0.05) is 153 Å². The smallest absolute Gasteiger partial charge is 0.291 e. The molecule has 55 heavy (non-hydrogen) atoms. The average molecular weight is 901 g/mol. The molecule has 3 aliphatic rings. The summed E-state index contributed by atoms with van der Waals surface area (Å²) in [5, 5.41) is 2.51. The molecule has 0 radical (unpaired) electrons. The van der Waals surface area contributed by atoms with Crippen molar-refractivity contribution < 1.29 is 33.6 Å². The van der Waals surface area contributed by atoms with Crippen molar-refractivity contribution in [2.75, 3.05) is 6.54 Å². The second kappa shape index (κ2) is 14.7. The second-order valence-corrected chi connectivity index (χ2v) is 14.9. The Morgan fingerprint density at radius 2 is 0.982 bits per heavy atom. The molecule has 0 aliphatic carbocycles. The van der Waals surface area contributed by atoms with Gasteiger partial charge in [0, 0.05) is 0 Å². The first-order valence-electron chi connectivity index (χ1n) is 15.4. The number of benzene rings is 4. The van der Waals surface area contributed by atoms with Gasteiger partial charge in [-0.25, -0.2) is 0 Å². The first kappa shape index (κ1) is 39.0. The number of amides is 6. The summed E-state index contributed by atoms with van der Waals surface area (Å²) in [5.74, 6) is -9.20. The number of rotatable bonds is 7. The normalized spacial score (nSPS) is 18.2. The van der Waals surface area contributed by atoms with Gasteiger partial charge in [-0.05, 0) is 11.1 Å². The van der Waals surface area contributed by atoms with Crippen LogP contribution in [-0.2, 0) is 14.4 Å². The van der Waals surface area contributed by atoms with Crippen LogP contribution in [0.1, 0.15) is 58.6 Å². The molecule has 20 heteroatoms. The van der Waals surface area contributed by atoms with Gasteiger partial charge in [0.25, 0.3) is 35.4 Å². The molecule has 0 bridgehead atoms. The predicted molar refractivity (Wildman–Crippen MR) is 204 cm³/mol. The van der Waals surface area contributed by atoms with E-state index in [1.54, 1.807) is 48.5 Å². The molecule has 0 aromatic heterocycles. The Labute approximate surface area is 349 Å². The Morgan fingerprint density at radius 3 is 1.44 bits per heavy atom. The highest BCUT2D eigenvalue weighted by Crippen LogP contribution is 2.47. The number of nitrogens with zero attached hydrogens (tertiary/aromatic N) is 4. The molecule has 0 spiro atoms. The maximum absolute atomic E-state index is 14.1. The molecule has 0 saturated carbocycles. The number of hydrogen-bond acceptors (Lipinski definition) is 8. The van der Waals surface area contributed by atoms with Gasteiger partial charge in [-0.15, -0.1) is 0 Å². The molecule has 3 aliphatic heterocycles. The van der Waals surface area contributed by atoms with Crippen molar-refractivity contribution in [1.29, 1.82) is 0 Å². The second-order valence-electron chi connectivity index (χ2n) is 11.9. The average Bonchev–Trinajstić information content (AvgIpc) is 3.68. The summed E-state index contributed by atoms with van der Waals surface area (Å²) in [7, 11) is 0. The van der Waals surface area contributed by atoms with Gasteiger partial charge in [0.05, 0.1) is 80.1 Å². The maximum Gasteiger partial charge on any atom is 0.291 e. The zero-order chi connectivity index (χ0) is 39.8. The number of fused-ring (bicyclic) bond motifs is 2. The van der Waals surface area contributed by atoms with Crippen LogP contribution in [0.25, 0.3) is 0 Å². The van der Waals surface area contributed by atoms with E-state index >= 15 is 0 Å². The fourth-order valence-corrected chi connectivity index (χ4v) is 8.43. The number of halogens is 8. The summed E-state index contributed by atoms with van der Waals surface area (Å²) < 4.78 is 0. The number of hydrogen-bond donors (Lipinski definition) is 1. The molecule has 2 atom stereocenters. The van der Waals surface area contributed by atoms with E-state index in [4.69, 9.17) is 92.8 Å². The van der Waals surface area contributed by atoms with E-state index in [-0.39, 0.29) is 62.6 Å². The number of likely N-dealkylation sites (tertiary alicyclic amines) is 1. The Hall–Kier alpha value is -4.24. The van der Waals surface area contributed by atoms with Gasteiger partial charge >= 0.3 is 0 Å². The van der Waals surface area contributed by atoms with Gasteiger partial charge < -0.3 is 4.90 Å². The van der Waals surface area contributed by atoms with E-state index in [1.165, 1.54) is 12.1 Å². The topological polar surface area (TPSA) is 154 Å². The van der Waals surface area contributed by atoms with Crippen LogP contribution >= 0.6 is 92.8 Å². The third-order valence-corrected chi connectivity index (χ3v) is 12.5. The Morgan fingerprint density at radius 1 is 0.564 bits per heavy atom. The van der Waals surface area contributed by atoms with Crippen molar-refractivity contribution in [3.8, 4) is 0 Å². The molecule has 12 nitrogen and oxygen atoms in total. The molecule has 2 unspecified atom stereocenters. The third kappa shape index (κ3) is 6.16. The molecule has 3 heterocycles. The minimum Gasteiger partial charge on any atom is -0.319 e. The minimum absolute atomic E-state index is 0.211. The van der Waals surface area contributed by atoms with E-state index < -0.39 is 70.9 Å². The highest BCUT2D eigenvalue weighted by atomic mass is 35.5. The molecule has 4 aromatic carbocycles. The van der Waals surface area contributed by atoms with Gasteiger partial charge in [0.1, 0.15) is 6.54 Å². The van der Waals surface area contributed by atoms with Crippen LogP contribution in [0, 0.1) is 5.92 Å². The fraction of sp³-hybridized carbons (Fsp3) is 0.0857. The van der Waals surface area contributed by atoms with Crippen LogP contribution in [0.2, 0.25) is 40.2 Å². The fourth-order valence-electron chi connectivity index (χ4n) is 6.40. The standard InChI is InChI=1S/C35H15Cl8N5O7/c36-20-15-16(21(37)25(41)24(20)40)32(52)47(31(15)51)44-14(49)11-46-29(13-9-5-2-6-10-13)19(30(50)35(46)55)28(12-7-3-1-4-8-12)45-48-33(53)17-18(34(48)54)23(39)27(43)26(42)22(17)38/h1-10,19,29H,11H2,(H,44,49)/b45-28+. The van der Waals surface area contributed by atoms with Crippen LogP contribution in [0.3, 0.4) is 0 Å². The van der Waals surface area contributed by atoms with Gasteiger partial charge in [-0.2, -0.15) is 15.1 Å². The van der Waals surface area contributed by atoms with Crippen LogP contribution in [0.5, 0.6) is 0 Å². The summed E-state index contributed by atoms with van der Waals surface area (Å²) in [5.41, 5.74) is 0.871. The highest BCUT2D eigenvalue weighted by Gasteiger charge is 2.53. The Kier molecular flexibility index (Phi) is 10.4. The number of hydrazine groups is 1. The lowest BCUT2D eigenvalue weighted by atomic mass is 9.85. The molecular formula is C35H15Cl8N5O7. The Balaban J connectivity index is 1.29. The molecule has 1 N–H and O–H groups in total. The molecule has 278 valence electrons. The van der Waals surface area contributed by atoms with E-state index in [0.717, 1.165) is 4.90 Å². The van der Waals surface area contributed by atoms with Gasteiger partial charge in [0.2, 0.25) is 5.78 Å². The number of imide groups is 2. The van der Waals surface area contributed by atoms with E-state index in [1.807, 2.05) is 0 Å². The molecule has 6 amide bonds. The van der Waals surface area contributed by atoms with Gasteiger partial charge in [0.15, 0.2) is 0 Å². The van der Waals surface area contributed by atoms with E-state index in [9.17, 15) is 33.6 Å². The van der Waals surface area contributed by atoms with Gasteiger partial charge in [-0.3, -0.25) is 39.0 Å². The molecule has 4 aromatic rings. The number of carbonyl (C=O) groups is 7. The van der Waals surface area contributed by atoms with E-state index in [0.29, 0.717) is 15.6 Å². The largest absolute Gasteiger partial charge is 0.319 e. The van der Waals surface area contributed by atoms with Crippen molar-refractivity contribution >= 4 is 140 Å². The summed E-state index contributed by atoms with van der Waals surface area (Å²) >= 11 is 49.6. The first-order valence-corrected chi connectivity index (χ1v) is 18.4. The summed E-state index contributed by atoms with van der Waals surface area (Å²) in [6.45, 7) is -0.895.